The Balaban J connectivity index is 1.69. The molecule has 0 aromatic carbocycles. The van der Waals surface area contributed by atoms with Gasteiger partial charge in [0.05, 0.1) is 6.04 Å². The second-order valence-electron chi connectivity index (χ2n) is 4.75. The number of hydrogen-bond acceptors (Lipinski definition) is 5. The first kappa shape index (κ1) is 12.3. The molecule has 3 rings (SSSR count). The molecule has 0 radical (unpaired) electrons. The molecule has 0 spiro atoms. The molecule has 1 aliphatic heterocycles. The molecule has 2 amide bonds. The maximum absolute atomic E-state index is 12.1. The highest BCUT2D eigenvalue weighted by Crippen LogP contribution is 2.41. The smallest absolute Gasteiger partial charge is 0.268 e. The maximum atomic E-state index is 12.1. The van der Waals surface area contributed by atoms with Crippen LogP contribution >= 0.6 is 11.3 Å². The van der Waals surface area contributed by atoms with Crippen LogP contribution in [0.2, 0.25) is 0 Å². The van der Waals surface area contributed by atoms with Crippen molar-refractivity contribution in [2.45, 2.75) is 31.7 Å². The van der Waals surface area contributed by atoms with Crippen molar-refractivity contribution >= 4 is 28.9 Å². The number of nitrogens with zero attached hydrogens (tertiary/aromatic N) is 2. The molecular weight excluding hydrogens is 264 g/mol. The summed E-state index contributed by atoms with van der Waals surface area (Å²) < 4.78 is 0. The van der Waals surface area contributed by atoms with E-state index in [2.05, 4.69) is 20.8 Å². The van der Waals surface area contributed by atoms with E-state index in [0.29, 0.717) is 24.5 Å². The summed E-state index contributed by atoms with van der Waals surface area (Å²) in [6, 6.07) is -0.0205. The van der Waals surface area contributed by atoms with Crippen LogP contribution < -0.4 is 10.7 Å². The predicted molar refractivity (Wildman–Crippen MR) is 70.5 cm³/mol. The first-order valence-corrected chi connectivity index (χ1v) is 7.17. The van der Waals surface area contributed by atoms with Crippen molar-refractivity contribution in [2.24, 2.45) is 11.0 Å². The zero-order valence-electron chi connectivity index (χ0n) is 10.3. The molecule has 2 N–H and O–H groups in total. The number of hydrazone groups is 1. The molecule has 0 saturated heterocycles. The topological polar surface area (TPSA) is 83.5 Å². The molecule has 19 heavy (non-hydrogen) atoms. The lowest BCUT2D eigenvalue weighted by Crippen LogP contribution is -2.39. The highest BCUT2D eigenvalue weighted by Gasteiger charge is 2.35. The van der Waals surface area contributed by atoms with Crippen LogP contribution in [0.5, 0.6) is 0 Å². The zero-order valence-corrected chi connectivity index (χ0v) is 11.1. The lowest BCUT2D eigenvalue weighted by atomic mass is 10.1. The minimum atomic E-state index is -0.202. The van der Waals surface area contributed by atoms with Crippen molar-refractivity contribution in [3.8, 4) is 0 Å². The average Bonchev–Trinajstić information content (AvgIpc) is 3.11. The van der Waals surface area contributed by atoms with E-state index in [4.69, 9.17) is 0 Å². The summed E-state index contributed by atoms with van der Waals surface area (Å²) in [7, 11) is 0. The fourth-order valence-electron chi connectivity index (χ4n) is 2.06. The molecule has 1 saturated carbocycles. The second kappa shape index (κ2) is 5.08. The van der Waals surface area contributed by atoms with Gasteiger partial charge in [-0.1, -0.05) is 0 Å². The van der Waals surface area contributed by atoms with Crippen molar-refractivity contribution in [3.05, 3.63) is 16.6 Å². The quantitative estimate of drug-likeness (QED) is 0.861. The van der Waals surface area contributed by atoms with Crippen LogP contribution in [0.1, 0.15) is 36.7 Å². The lowest BCUT2D eigenvalue weighted by molar-refractivity contribution is -0.121. The van der Waals surface area contributed by atoms with E-state index < -0.39 is 0 Å². The summed E-state index contributed by atoms with van der Waals surface area (Å²) in [4.78, 5) is 27.4. The van der Waals surface area contributed by atoms with Gasteiger partial charge < -0.3 is 5.32 Å². The molecule has 1 aliphatic carbocycles. The first-order chi connectivity index (χ1) is 9.24. The second-order valence-corrected chi connectivity index (χ2v) is 5.68. The van der Waals surface area contributed by atoms with Gasteiger partial charge in [-0.15, -0.1) is 11.3 Å². The summed E-state index contributed by atoms with van der Waals surface area (Å²) in [5.41, 5.74) is 2.73. The number of carbonyl (C=O) groups is 2. The summed E-state index contributed by atoms with van der Waals surface area (Å²) >= 11 is 1.55. The number of thiazole rings is 1. The third kappa shape index (κ3) is 2.81. The van der Waals surface area contributed by atoms with E-state index in [1.165, 1.54) is 0 Å². The number of aromatic nitrogens is 1. The molecule has 1 aromatic rings. The summed E-state index contributed by atoms with van der Waals surface area (Å²) in [6.07, 6.45) is 4.70. The SMILES string of the molecule is O=C1CCC(C(=O)NC(c2nccs2)C2CC2)=NN1. The molecule has 1 unspecified atom stereocenters. The van der Waals surface area contributed by atoms with Crippen LogP contribution in [-0.2, 0) is 9.59 Å². The Bertz CT molecular complexity index is 522. The summed E-state index contributed by atoms with van der Waals surface area (Å²) in [6.45, 7) is 0. The number of carbonyl (C=O) groups excluding carboxylic acids is 2. The number of nitrogens with one attached hydrogen (secondary N) is 2. The van der Waals surface area contributed by atoms with E-state index in [9.17, 15) is 9.59 Å². The number of hydrogen-bond donors (Lipinski definition) is 2. The normalized spacial score (nSPS) is 20.4. The summed E-state index contributed by atoms with van der Waals surface area (Å²) in [5.74, 6) is 0.135. The van der Waals surface area contributed by atoms with Gasteiger partial charge in [0.2, 0.25) is 5.91 Å². The molecule has 0 bridgehead atoms. The minimum Gasteiger partial charge on any atom is -0.341 e. The highest BCUT2D eigenvalue weighted by atomic mass is 32.1. The highest BCUT2D eigenvalue weighted by molar-refractivity contribution is 7.09. The zero-order chi connectivity index (χ0) is 13.2. The Morgan fingerprint density at radius 1 is 1.47 bits per heavy atom. The van der Waals surface area contributed by atoms with Crippen LogP contribution in [0.4, 0.5) is 0 Å². The van der Waals surface area contributed by atoms with Gasteiger partial charge in [0.25, 0.3) is 5.91 Å². The van der Waals surface area contributed by atoms with Crippen molar-refractivity contribution in [1.82, 2.24) is 15.7 Å². The van der Waals surface area contributed by atoms with E-state index in [1.807, 2.05) is 5.38 Å². The molecular formula is C12H14N4O2S. The summed E-state index contributed by atoms with van der Waals surface area (Å²) in [5, 5.41) is 9.66. The third-order valence-electron chi connectivity index (χ3n) is 3.26. The van der Waals surface area contributed by atoms with Crippen LogP contribution in [0.3, 0.4) is 0 Å². The fourth-order valence-corrected chi connectivity index (χ4v) is 2.84. The Hall–Kier alpha value is -1.76. The van der Waals surface area contributed by atoms with Gasteiger partial charge in [-0.05, 0) is 18.8 Å². The Morgan fingerprint density at radius 2 is 2.32 bits per heavy atom. The Morgan fingerprint density at radius 3 is 2.89 bits per heavy atom. The van der Waals surface area contributed by atoms with E-state index >= 15 is 0 Å². The van der Waals surface area contributed by atoms with Crippen LogP contribution in [0, 0.1) is 5.92 Å². The standard InChI is InChI=1S/C12H14N4O2S/c17-9-4-3-8(15-16-9)11(18)14-10(7-1-2-7)12-13-5-6-19-12/h5-7,10H,1-4H2,(H,14,18)(H,16,17). The molecule has 1 fully saturated rings. The Kier molecular flexibility index (Phi) is 3.29. The monoisotopic (exact) mass is 278 g/mol. The van der Waals surface area contributed by atoms with Gasteiger partial charge in [-0.2, -0.15) is 5.10 Å². The van der Waals surface area contributed by atoms with Crippen molar-refractivity contribution in [2.75, 3.05) is 0 Å². The minimum absolute atomic E-state index is 0.0205. The molecule has 1 atom stereocenters. The Labute approximate surface area is 114 Å². The van der Waals surface area contributed by atoms with Gasteiger partial charge >= 0.3 is 0 Å². The van der Waals surface area contributed by atoms with Crippen molar-refractivity contribution in [3.63, 3.8) is 0 Å². The largest absolute Gasteiger partial charge is 0.341 e. The van der Waals surface area contributed by atoms with E-state index in [-0.39, 0.29) is 17.9 Å². The fraction of sp³-hybridized carbons (Fsp3) is 0.500. The molecule has 1 aromatic heterocycles. The van der Waals surface area contributed by atoms with E-state index in [1.54, 1.807) is 17.5 Å². The van der Waals surface area contributed by atoms with Crippen molar-refractivity contribution < 1.29 is 9.59 Å². The van der Waals surface area contributed by atoms with Crippen LogP contribution in [0.15, 0.2) is 16.7 Å². The number of amides is 2. The van der Waals surface area contributed by atoms with Gasteiger partial charge in [-0.25, -0.2) is 10.4 Å². The molecule has 100 valence electrons. The van der Waals surface area contributed by atoms with Gasteiger partial charge in [0.1, 0.15) is 10.7 Å². The van der Waals surface area contributed by atoms with Crippen LogP contribution in [0.25, 0.3) is 0 Å². The average molecular weight is 278 g/mol. The van der Waals surface area contributed by atoms with Gasteiger partial charge in [-0.3, -0.25) is 9.59 Å². The van der Waals surface area contributed by atoms with E-state index in [0.717, 1.165) is 17.8 Å². The maximum Gasteiger partial charge on any atom is 0.268 e. The first-order valence-electron chi connectivity index (χ1n) is 6.29. The van der Waals surface area contributed by atoms with Gasteiger partial charge in [0.15, 0.2) is 0 Å². The molecule has 7 heteroatoms. The lowest BCUT2D eigenvalue weighted by Gasteiger charge is -2.18. The molecule has 2 aliphatic rings. The third-order valence-corrected chi connectivity index (χ3v) is 4.12. The predicted octanol–water partition coefficient (Wildman–Crippen LogP) is 0.976. The number of rotatable bonds is 4. The van der Waals surface area contributed by atoms with Crippen molar-refractivity contribution in [1.29, 1.82) is 0 Å². The van der Waals surface area contributed by atoms with Gasteiger partial charge in [0, 0.05) is 24.4 Å². The molecule has 6 nitrogen and oxygen atoms in total. The molecule has 2 heterocycles. The van der Waals surface area contributed by atoms with Crippen LogP contribution in [-0.4, -0.2) is 22.5 Å².